The Morgan fingerprint density at radius 1 is 1.43 bits per heavy atom. The first kappa shape index (κ1) is 16.2. The highest BCUT2D eigenvalue weighted by atomic mass is 32.2. The van der Waals surface area contributed by atoms with Gasteiger partial charge in [0.1, 0.15) is 11.3 Å². The number of benzene rings is 1. The Morgan fingerprint density at radius 2 is 2.24 bits per heavy atom. The van der Waals surface area contributed by atoms with Crippen LogP contribution in [0.1, 0.15) is 25.7 Å². The fraction of sp³-hybridized carbons (Fsp3) is 0.562. The predicted molar refractivity (Wildman–Crippen MR) is 84.9 cm³/mol. The first-order valence-electron chi connectivity index (χ1n) is 7.21. The molecule has 2 rings (SSSR count). The SMILES string of the molecule is CNC1(C(=O)OC)CCCC(Sc2cccc(OC)c2)C1. The number of esters is 1. The molecular formula is C16H23NO3S. The van der Waals surface area contributed by atoms with Gasteiger partial charge in [-0.25, -0.2) is 0 Å². The zero-order chi connectivity index (χ0) is 15.3. The van der Waals surface area contributed by atoms with Gasteiger partial charge in [0.15, 0.2) is 0 Å². The summed E-state index contributed by atoms with van der Waals surface area (Å²) in [5.74, 6) is 0.713. The highest BCUT2D eigenvalue weighted by Crippen LogP contribution is 2.39. The molecule has 2 atom stereocenters. The van der Waals surface area contributed by atoms with Crippen molar-refractivity contribution in [2.45, 2.75) is 41.4 Å². The number of thioether (sulfide) groups is 1. The second-order valence-electron chi connectivity index (χ2n) is 5.34. The highest BCUT2D eigenvalue weighted by Gasteiger charge is 2.42. The Morgan fingerprint density at radius 3 is 2.90 bits per heavy atom. The lowest BCUT2D eigenvalue weighted by Crippen LogP contribution is -2.54. The van der Waals surface area contributed by atoms with Crippen LogP contribution in [-0.4, -0.2) is 38.0 Å². The van der Waals surface area contributed by atoms with E-state index in [1.54, 1.807) is 7.11 Å². The average molecular weight is 309 g/mol. The molecule has 21 heavy (non-hydrogen) atoms. The van der Waals surface area contributed by atoms with Crippen LogP contribution in [0.25, 0.3) is 0 Å². The summed E-state index contributed by atoms with van der Waals surface area (Å²) in [4.78, 5) is 13.3. The standard InChI is InChI=1S/C16H23NO3S/c1-17-16(15(18)20-3)9-5-8-14(11-16)21-13-7-4-6-12(10-13)19-2/h4,6-7,10,14,17H,5,8-9,11H2,1-3H3. The van der Waals surface area contributed by atoms with E-state index in [9.17, 15) is 4.79 Å². The predicted octanol–water partition coefficient (Wildman–Crippen LogP) is 2.86. The van der Waals surface area contributed by atoms with Gasteiger partial charge < -0.3 is 14.8 Å². The molecule has 1 aliphatic carbocycles. The molecule has 1 fully saturated rings. The van der Waals surface area contributed by atoms with Gasteiger partial charge in [-0.1, -0.05) is 6.07 Å². The van der Waals surface area contributed by atoms with Crippen molar-refractivity contribution in [3.8, 4) is 5.75 Å². The van der Waals surface area contributed by atoms with Crippen molar-refractivity contribution in [1.29, 1.82) is 0 Å². The molecule has 5 heteroatoms. The van der Waals surface area contributed by atoms with Crippen molar-refractivity contribution in [2.75, 3.05) is 21.3 Å². The van der Waals surface area contributed by atoms with Crippen LogP contribution in [0.5, 0.6) is 5.75 Å². The molecule has 0 amide bonds. The maximum absolute atomic E-state index is 12.1. The van der Waals surface area contributed by atoms with Crippen LogP contribution in [0.3, 0.4) is 0 Å². The molecule has 0 heterocycles. The first-order chi connectivity index (χ1) is 10.1. The average Bonchev–Trinajstić information content (AvgIpc) is 2.54. The second-order valence-corrected chi connectivity index (χ2v) is 6.71. The van der Waals surface area contributed by atoms with Crippen molar-refractivity contribution in [2.24, 2.45) is 0 Å². The molecule has 0 aromatic heterocycles. The summed E-state index contributed by atoms with van der Waals surface area (Å²) in [5, 5.41) is 3.59. The van der Waals surface area contributed by atoms with Crippen molar-refractivity contribution >= 4 is 17.7 Å². The number of hydrogen-bond donors (Lipinski definition) is 1. The summed E-state index contributed by atoms with van der Waals surface area (Å²) in [7, 11) is 4.98. The number of carbonyl (C=O) groups is 1. The molecule has 0 saturated heterocycles. The van der Waals surface area contributed by atoms with E-state index in [4.69, 9.17) is 9.47 Å². The molecule has 2 unspecified atom stereocenters. The Kier molecular flexibility index (Phi) is 5.53. The first-order valence-corrected chi connectivity index (χ1v) is 8.09. The summed E-state index contributed by atoms with van der Waals surface area (Å²) in [6.45, 7) is 0. The van der Waals surface area contributed by atoms with Gasteiger partial charge >= 0.3 is 5.97 Å². The van der Waals surface area contributed by atoms with Gasteiger partial charge in [0, 0.05) is 10.1 Å². The van der Waals surface area contributed by atoms with Gasteiger partial charge in [-0.3, -0.25) is 4.79 Å². The zero-order valence-electron chi connectivity index (χ0n) is 12.8. The van der Waals surface area contributed by atoms with Gasteiger partial charge in [0.2, 0.25) is 0 Å². The molecular weight excluding hydrogens is 286 g/mol. The van der Waals surface area contributed by atoms with Crippen molar-refractivity contribution in [1.82, 2.24) is 5.32 Å². The fourth-order valence-electron chi connectivity index (χ4n) is 2.90. The number of rotatable bonds is 5. The van der Waals surface area contributed by atoms with Crippen molar-refractivity contribution in [3.63, 3.8) is 0 Å². The number of hydrogen-bond acceptors (Lipinski definition) is 5. The van der Waals surface area contributed by atoms with Crippen LogP contribution in [0, 0.1) is 0 Å². The molecule has 1 aliphatic rings. The van der Waals surface area contributed by atoms with Gasteiger partial charge in [-0.15, -0.1) is 11.8 Å². The summed E-state index contributed by atoms with van der Waals surface area (Å²) >= 11 is 1.81. The van der Waals surface area contributed by atoms with E-state index in [0.29, 0.717) is 5.25 Å². The van der Waals surface area contributed by atoms with E-state index in [1.807, 2.05) is 37.0 Å². The monoisotopic (exact) mass is 309 g/mol. The summed E-state index contributed by atoms with van der Waals surface area (Å²) < 4.78 is 10.3. The zero-order valence-corrected chi connectivity index (χ0v) is 13.7. The molecule has 4 nitrogen and oxygen atoms in total. The number of methoxy groups -OCH3 is 2. The third-order valence-electron chi connectivity index (χ3n) is 4.10. The summed E-state index contributed by atoms with van der Waals surface area (Å²) in [6, 6.07) is 8.06. The van der Waals surface area contributed by atoms with E-state index < -0.39 is 5.54 Å². The van der Waals surface area contributed by atoms with E-state index in [2.05, 4.69) is 11.4 Å². The molecule has 0 bridgehead atoms. The lowest BCUT2D eigenvalue weighted by atomic mass is 9.81. The van der Waals surface area contributed by atoms with Crippen LogP contribution >= 0.6 is 11.8 Å². The lowest BCUT2D eigenvalue weighted by Gasteiger charge is -2.38. The van der Waals surface area contributed by atoms with Crippen LogP contribution in [0.4, 0.5) is 0 Å². The minimum absolute atomic E-state index is 0.152. The number of carbonyl (C=O) groups excluding carboxylic acids is 1. The van der Waals surface area contributed by atoms with Crippen molar-refractivity contribution in [3.05, 3.63) is 24.3 Å². The normalized spacial score (nSPS) is 25.4. The van der Waals surface area contributed by atoms with Crippen LogP contribution in [0.15, 0.2) is 29.2 Å². The van der Waals surface area contributed by atoms with E-state index >= 15 is 0 Å². The van der Waals surface area contributed by atoms with Gasteiger partial charge in [-0.2, -0.15) is 0 Å². The number of nitrogens with one attached hydrogen (secondary N) is 1. The third kappa shape index (κ3) is 3.71. The Balaban J connectivity index is 2.08. The Bertz CT molecular complexity index is 494. The molecule has 1 saturated carbocycles. The van der Waals surface area contributed by atoms with Gasteiger partial charge in [0.25, 0.3) is 0 Å². The Labute approximate surface area is 130 Å². The molecule has 1 aromatic rings. The van der Waals surface area contributed by atoms with E-state index in [0.717, 1.165) is 31.4 Å². The summed E-state index contributed by atoms with van der Waals surface area (Å²) in [5.41, 5.74) is -0.538. The largest absolute Gasteiger partial charge is 0.497 e. The number of likely N-dealkylation sites (N-methyl/N-ethyl adjacent to an activating group) is 1. The molecule has 0 radical (unpaired) electrons. The maximum atomic E-state index is 12.1. The Hall–Kier alpha value is -1.20. The van der Waals surface area contributed by atoms with E-state index in [1.165, 1.54) is 12.0 Å². The van der Waals surface area contributed by atoms with Crippen molar-refractivity contribution < 1.29 is 14.3 Å². The minimum atomic E-state index is -0.538. The minimum Gasteiger partial charge on any atom is -0.497 e. The van der Waals surface area contributed by atoms with Gasteiger partial charge in [-0.05, 0) is 50.9 Å². The van der Waals surface area contributed by atoms with Crippen LogP contribution < -0.4 is 10.1 Å². The molecule has 0 spiro atoms. The fourth-order valence-corrected chi connectivity index (χ4v) is 4.28. The quantitative estimate of drug-likeness (QED) is 0.848. The smallest absolute Gasteiger partial charge is 0.326 e. The third-order valence-corrected chi connectivity index (χ3v) is 5.37. The lowest BCUT2D eigenvalue weighted by molar-refractivity contribution is -0.149. The van der Waals surface area contributed by atoms with E-state index in [-0.39, 0.29) is 5.97 Å². The molecule has 116 valence electrons. The van der Waals surface area contributed by atoms with Crippen LogP contribution in [-0.2, 0) is 9.53 Å². The van der Waals surface area contributed by atoms with Crippen LogP contribution in [0.2, 0.25) is 0 Å². The maximum Gasteiger partial charge on any atom is 0.326 e. The van der Waals surface area contributed by atoms with Gasteiger partial charge in [0.05, 0.1) is 14.2 Å². The summed E-state index contributed by atoms with van der Waals surface area (Å²) in [6.07, 6.45) is 3.77. The molecule has 1 N–H and O–H groups in total. The molecule has 1 aromatic carbocycles. The molecule has 0 aliphatic heterocycles. The topological polar surface area (TPSA) is 47.6 Å². The second kappa shape index (κ2) is 7.18. The number of ether oxygens (including phenoxy) is 2. The highest BCUT2D eigenvalue weighted by molar-refractivity contribution is 8.00.